The smallest absolute Gasteiger partial charge is 0.132 e. The van der Waals surface area contributed by atoms with Gasteiger partial charge in [-0.25, -0.2) is 4.99 Å². The van der Waals surface area contributed by atoms with Gasteiger partial charge in [0.05, 0.1) is 28.8 Å². The van der Waals surface area contributed by atoms with E-state index in [9.17, 15) is 0 Å². The van der Waals surface area contributed by atoms with Crippen molar-refractivity contribution in [2.24, 2.45) is 4.99 Å². The van der Waals surface area contributed by atoms with Gasteiger partial charge < -0.3 is 4.90 Å². The van der Waals surface area contributed by atoms with Crippen LogP contribution in [0, 0.1) is 6.92 Å². The molecule has 0 bridgehead atoms. The fourth-order valence-electron chi connectivity index (χ4n) is 1.35. The number of aryl methyl sites for hydroxylation is 1. The molecular formula is C10H11ClN4S. The van der Waals surface area contributed by atoms with Crippen molar-refractivity contribution in [2.45, 2.75) is 6.92 Å². The molecule has 84 valence electrons. The molecule has 2 rings (SSSR count). The van der Waals surface area contributed by atoms with Gasteiger partial charge in [-0.3, -0.25) is 0 Å². The van der Waals surface area contributed by atoms with Gasteiger partial charge in [0.15, 0.2) is 0 Å². The first-order valence-electron chi connectivity index (χ1n) is 4.71. The van der Waals surface area contributed by atoms with E-state index in [1.807, 2.05) is 32.0 Å². The normalized spacial score (nSPS) is 11.5. The average molecular weight is 255 g/mol. The Hall–Kier alpha value is -1.20. The lowest BCUT2D eigenvalue weighted by Crippen LogP contribution is -2.07. The Labute approximate surface area is 103 Å². The van der Waals surface area contributed by atoms with E-state index in [0.29, 0.717) is 5.02 Å². The summed E-state index contributed by atoms with van der Waals surface area (Å²) in [7, 11) is 3.84. The topological polar surface area (TPSA) is 41.4 Å². The van der Waals surface area contributed by atoms with Crippen LogP contribution in [-0.2, 0) is 0 Å². The second-order valence-electron chi connectivity index (χ2n) is 3.69. The Kier molecular flexibility index (Phi) is 3.07. The van der Waals surface area contributed by atoms with Crippen LogP contribution in [0.5, 0.6) is 0 Å². The molecule has 0 aliphatic rings. The van der Waals surface area contributed by atoms with E-state index < -0.39 is 0 Å². The quantitative estimate of drug-likeness (QED) is 0.611. The lowest BCUT2D eigenvalue weighted by atomic mass is 10.2. The minimum Gasteiger partial charge on any atom is -0.369 e. The number of aliphatic imine (C=N–C) groups is 1. The SMILES string of the molecule is Cc1cc(Cl)c2nsnc2c1N=CN(C)C. The third-order valence-corrected chi connectivity index (χ3v) is 2.89. The fourth-order valence-corrected chi connectivity index (χ4v) is 2.26. The first kappa shape index (κ1) is 11.3. The molecule has 0 fully saturated rings. The summed E-state index contributed by atoms with van der Waals surface area (Å²) in [6.45, 7) is 1.97. The molecule has 16 heavy (non-hydrogen) atoms. The number of hydrogen-bond donors (Lipinski definition) is 0. The van der Waals surface area contributed by atoms with Crippen molar-refractivity contribution in [2.75, 3.05) is 14.1 Å². The molecule has 0 aliphatic carbocycles. The zero-order valence-electron chi connectivity index (χ0n) is 9.23. The highest BCUT2D eigenvalue weighted by atomic mass is 35.5. The van der Waals surface area contributed by atoms with E-state index in [2.05, 4.69) is 13.7 Å². The van der Waals surface area contributed by atoms with Crippen LogP contribution in [-0.4, -0.2) is 34.1 Å². The van der Waals surface area contributed by atoms with Gasteiger partial charge in [-0.1, -0.05) is 11.6 Å². The molecule has 2 aromatic rings. The number of nitrogens with zero attached hydrogens (tertiary/aromatic N) is 4. The second kappa shape index (κ2) is 4.35. The first-order chi connectivity index (χ1) is 7.59. The molecule has 1 aromatic carbocycles. The monoisotopic (exact) mass is 254 g/mol. The van der Waals surface area contributed by atoms with Crippen molar-refractivity contribution in [3.63, 3.8) is 0 Å². The van der Waals surface area contributed by atoms with Gasteiger partial charge in [0.2, 0.25) is 0 Å². The minimum absolute atomic E-state index is 0.630. The van der Waals surface area contributed by atoms with Crippen LogP contribution < -0.4 is 0 Å². The summed E-state index contributed by atoms with van der Waals surface area (Å²) in [6.07, 6.45) is 1.75. The Bertz CT molecular complexity index is 547. The van der Waals surface area contributed by atoms with E-state index in [1.54, 1.807) is 6.34 Å². The van der Waals surface area contributed by atoms with Crippen molar-refractivity contribution in [1.29, 1.82) is 0 Å². The molecule has 0 saturated heterocycles. The van der Waals surface area contributed by atoms with Gasteiger partial charge in [0.1, 0.15) is 11.0 Å². The highest BCUT2D eigenvalue weighted by molar-refractivity contribution is 7.00. The summed E-state index contributed by atoms with van der Waals surface area (Å²) in [6, 6.07) is 1.87. The van der Waals surface area contributed by atoms with Crippen molar-refractivity contribution >= 4 is 46.4 Å². The van der Waals surface area contributed by atoms with Crippen LogP contribution in [0.2, 0.25) is 5.02 Å². The predicted molar refractivity (Wildman–Crippen MR) is 69.0 cm³/mol. The highest BCUT2D eigenvalue weighted by Gasteiger charge is 2.11. The molecule has 1 aromatic heterocycles. The zero-order valence-corrected chi connectivity index (χ0v) is 10.8. The lowest BCUT2D eigenvalue weighted by Gasteiger charge is -2.05. The first-order valence-corrected chi connectivity index (χ1v) is 5.82. The summed E-state index contributed by atoms with van der Waals surface area (Å²) < 4.78 is 8.39. The maximum atomic E-state index is 6.08. The standard InChI is InChI=1S/C10H11ClN4S/c1-6-4-7(11)9-10(14-16-13-9)8(6)12-5-15(2)3/h4-5H,1-3H3. The van der Waals surface area contributed by atoms with Crippen LogP contribution in [0.1, 0.15) is 5.56 Å². The Morgan fingerprint density at radius 1 is 1.38 bits per heavy atom. The molecule has 0 saturated carbocycles. The van der Waals surface area contributed by atoms with Gasteiger partial charge in [0, 0.05) is 14.1 Å². The fraction of sp³-hybridized carbons (Fsp3) is 0.300. The third-order valence-electron chi connectivity index (χ3n) is 2.07. The van der Waals surface area contributed by atoms with Crippen molar-refractivity contribution in [3.05, 3.63) is 16.7 Å². The van der Waals surface area contributed by atoms with E-state index in [0.717, 1.165) is 34.0 Å². The van der Waals surface area contributed by atoms with Crippen molar-refractivity contribution in [1.82, 2.24) is 13.6 Å². The van der Waals surface area contributed by atoms with Crippen LogP contribution in [0.3, 0.4) is 0 Å². The number of hydrogen-bond acceptors (Lipinski definition) is 4. The summed E-state index contributed by atoms with van der Waals surface area (Å²) in [5.74, 6) is 0. The van der Waals surface area contributed by atoms with Crippen LogP contribution in [0.4, 0.5) is 5.69 Å². The Balaban J connectivity index is 2.63. The van der Waals surface area contributed by atoms with Gasteiger partial charge in [-0.05, 0) is 18.6 Å². The molecule has 0 amide bonds. The van der Waals surface area contributed by atoms with Crippen molar-refractivity contribution < 1.29 is 0 Å². The number of aromatic nitrogens is 2. The van der Waals surface area contributed by atoms with Gasteiger partial charge in [-0.15, -0.1) is 0 Å². The van der Waals surface area contributed by atoms with E-state index in [4.69, 9.17) is 11.6 Å². The number of fused-ring (bicyclic) bond motifs is 1. The highest BCUT2D eigenvalue weighted by Crippen LogP contribution is 2.33. The Morgan fingerprint density at radius 3 is 2.75 bits per heavy atom. The molecule has 0 atom stereocenters. The molecule has 4 nitrogen and oxygen atoms in total. The predicted octanol–water partition coefficient (Wildman–Crippen LogP) is 2.87. The molecule has 0 radical (unpaired) electrons. The molecule has 0 N–H and O–H groups in total. The lowest BCUT2D eigenvalue weighted by molar-refractivity contribution is 0.643. The second-order valence-corrected chi connectivity index (χ2v) is 4.63. The molecular weight excluding hydrogens is 244 g/mol. The van der Waals surface area contributed by atoms with Crippen LogP contribution in [0.15, 0.2) is 11.1 Å². The maximum absolute atomic E-state index is 6.08. The molecule has 0 aliphatic heterocycles. The number of halogens is 1. The van der Waals surface area contributed by atoms with Gasteiger partial charge in [-0.2, -0.15) is 8.75 Å². The van der Waals surface area contributed by atoms with E-state index >= 15 is 0 Å². The third kappa shape index (κ3) is 2.01. The zero-order chi connectivity index (χ0) is 11.7. The summed E-state index contributed by atoms with van der Waals surface area (Å²) in [5, 5.41) is 0.630. The summed E-state index contributed by atoms with van der Waals surface area (Å²) >= 11 is 7.23. The summed E-state index contributed by atoms with van der Waals surface area (Å²) in [5.41, 5.74) is 3.33. The molecule has 0 unspecified atom stereocenters. The maximum Gasteiger partial charge on any atom is 0.132 e. The van der Waals surface area contributed by atoms with E-state index in [1.165, 1.54) is 0 Å². The molecule has 0 spiro atoms. The van der Waals surface area contributed by atoms with Gasteiger partial charge >= 0.3 is 0 Å². The average Bonchev–Trinajstić information content (AvgIpc) is 2.65. The Morgan fingerprint density at radius 2 is 2.06 bits per heavy atom. The molecule has 6 heteroatoms. The number of rotatable bonds is 2. The van der Waals surface area contributed by atoms with Crippen LogP contribution >= 0.6 is 23.3 Å². The summed E-state index contributed by atoms with van der Waals surface area (Å²) in [4.78, 5) is 6.27. The largest absolute Gasteiger partial charge is 0.369 e. The molecule has 1 heterocycles. The minimum atomic E-state index is 0.630. The van der Waals surface area contributed by atoms with E-state index in [-0.39, 0.29) is 0 Å². The van der Waals surface area contributed by atoms with Gasteiger partial charge in [0.25, 0.3) is 0 Å². The van der Waals surface area contributed by atoms with Crippen molar-refractivity contribution in [3.8, 4) is 0 Å². The van der Waals surface area contributed by atoms with Crippen LogP contribution in [0.25, 0.3) is 11.0 Å². The number of benzene rings is 1.